The lowest BCUT2D eigenvalue weighted by Gasteiger charge is -2.30. The number of hydrogen-bond donors (Lipinski definition) is 2. The highest BCUT2D eigenvalue weighted by Gasteiger charge is 2.38. The molecule has 6 nitrogen and oxygen atoms in total. The number of hydrogen-bond acceptors (Lipinski definition) is 4. The van der Waals surface area contributed by atoms with E-state index in [1.54, 1.807) is 0 Å². The summed E-state index contributed by atoms with van der Waals surface area (Å²) in [6.07, 6.45) is -0.783. The van der Waals surface area contributed by atoms with Gasteiger partial charge in [0.1, 0.15) is 6.61 Å². The summed E-state index contributed by atoms with van der Waals surface area (Å²) in [5, 5.41) is 12.0. The van der Waals surface area contributed by atoms with Gasteiger partial charge in [-0.3, -0.25) is 0 Å². The molecule has 2 N–H and O–H groups in total. The van der Waals surface area contributed by atoms with Crippen molar-refractivity contribution in [3.8, 4) is 11.1 Å². The van der Waals surface area contributed by atoms with Crippen LogP contribution >= 0.6 is 0 Å². The molecule has 0 unspecified atom stereocenters. The number of alkyl carbamates (subject to hydrolysis) is 1. The van der Waals surface area contributed by atoms with Crippen molar-refractivity contribution in [3.63, 3.8) is 0 Å². The summed E-state index contributed by atoms with van der Waals surface area (Å²) in [5.41, 5.74) is 2.34. The molecule has 0 bridgehead atoms. The van der Waals surface area contributed by atoms with Crippen LogP contribution in [0.25, 0.3) is 11.1 Å². The van der Waals surface area contributed by atoms with E-state index in [0.29, 0.717) is 0 Å². The molecule has 3 rings (SSSR count). The minimum Gasteiger partial charge on any atom is -0.479 e. The number of carbonyl (C=O) groups is 2. The van der Waals surface area contributed by atoms with Crippen molar-refractivity contribution in [1.82, 2.24) is 5.32 Å². The van der Waals surface area contributed by atoms with E-state index in [4.69, 9.17) is 9.47 Å². The Labute approximate surface area is 170 Å². The van der Waals surface area contributed by atoms with Crippen molar-refractivity contribution in [2.75, 3.05) is 13.2 Å². The molecule has 1 atom stereocenters. The first-order chi connectivity index (χ1) is 13.6. The first kappa shape index (κ1) is 20.9. The lowest BCUT2D eigenvalue weighted by molar-refractivity contribution is -0.149. The molecule has 0 aromatic heterocycles. The molecular formula is C23H27NO5. The minimum absolute atomic E-state index is 0.0879. The predicted molar refractivity (Wildman–Crippen MR) is 110 cm³/mol. The Balaban J connectivity index is 1.70. The molecule has 2 aromatic rings. The second-order valence-corrected chi connectivity index (χ2v) is 8.49. The Bertz CT molecular complexity index is 872. The van der Waals surface area contributed by atoms with Crippen molar-refractivity contribution in [3.05, 3.63) is 59.7 Å². The van der Waals surface area contributed by atoms with Gasteiger partial charge < -0.3 is 19.9 Å². The second-order valence-electron chi connectivity index (χ2n) is 8.49. The number of benzene rings is 2. The van der Waals surface area contributed by atoms with Crippen LogP contribution in [0.4, 0.5) is 4.79 Å². The van der Waals surface area contributed by atoms with Crippen LogP contribution in [0.15, 0.2) is 48.5 Å². The molecule has 0 saturated carbocycles. The third-order valence-corrected chi connectivity index (χ3v) is 4.99. The smallest absolute Gasteiger partial charge is 0.408 e. The van der Waals surface area contributed by atoms with Crippen LogP contribution in [0.2, 0.25) is 0 Å². The van der Waals surface area contributed by atoms with Gasteiger partial charge in [-0.25, -0.2) is 9.59 Å². The monoisotopic (exact) mass is 397 g/mol. The number of carboxylic acid groups (broad SMARTS) is 1. The highest BCUT2D eigenvalue weighted by atomic mass is 16.6. The lowest BCUT2D eigenvalue weighted by atomic mass is 9.98. The van der Waals surface area contributed by atoms with Crippen LogP contribution in [0.3, 0.4) is 0 Å². The number of carbonyl (C=O) groups excluding carboxylic acids is 1. The highest BCUT2D eigenvalue weighted by molar-refractivity contribution is 5.84. The van der Waals surface area contributed by atoms with Crippen LogP contribution in [-0.4, -0.2) is 41.5 Å². The summed E-state index contributed by atoms with van der Waals surface area (Å²) in [7, 11) is 0. The summed E-state index contributed by atoms with van der Waals surface area (Å²) in [4.78, 5) is 24.1. The Hall–Kier alpha value is -2.86. The fourth-order valence-corrected chi connectivity index (χ4v) is 3.37. The molecule has 0 saturated heterocycles. The summed E-state index contributed by atoms with van der Waals surface area (Å²) < 4.78 is 11.0. The lowest BCUT2D eigenvalue weighted by Crippen LogP contribution is -2.56. The fraction of sp³-hybridized carbons (Fsp3) is 0.391. The standard InChI is InChI=1S/C23H27NO5/c1-22(2,3)29-14-23(4,20(25)26)24-21(27)28-13-19-17-11-7-5-9-15(17)16-10-6-8-12-18(16)19/h5-12,19H,13-14H2,1-4H3,(H,24,27)(H,25,26)/t23-/m1/s1. The van der Waals surface area contributed by atoms with E-state index in [2.05, 4.69) is 17.4 Å². The van der Waals surface area contributed by atoms with Crippen LogP contribution in [0.1, 0.15) is 44.7 Å². The molecule has 0 heterocycles. The van der Waals surface area contributed by atoms with E-state index in [9.17, 15) is 14.7 Å². The van der Waals surface area contributed by atoms with Gasteiger partial charge in [-0.05, 0) is 49.9 Å². The maximum Gasteiger partial charge on any atom is 0.408 e. The fourth-order valence-electron chi connectivity index (χ4n) is 3.37. The molecule has 2 aromatic carbocycles. The number of carboxylic acids is 1. The molecular weight excluding hydrogens is 370 g/mol. The number of rotatable bonds is 6. The van der Waals surface area contributed by atoms with Crippen LogP contribution in [0, 0.1) is 0 Å². The summed E-state index contributed by atoms with van der Waals surface area (Å²) in [6.45, 7) is 6.82. The van der Waals surface area contributed by atoms with Gasteiger partial charge in [-0.15, -0.1) is 0 Å². The zero-order chi connectivity index (χ0) is 21.2. The van der Waals surface area contributed by atoms with E-state index in [0.717, 1.165) is 22.3 Å². The quantitative estimate of drug-likeness (QED) is 0.764. The molecule has 0 radical (unpaired) electrons. The maximum absolute atomic E-state index is 12.4. The van der Waals surface area contributed by atoms with Crippen molar-refractivity contribution in [1.29, 1.82) is 0 Å². The van der Waals surface area contributed by atoms with Crippen LogP contribution in [-0.2, 0) is 14.3 Å². The second kappa shape index (κ2) is 7.87. The predicted octanol–water partition coefficient (Wildman–Crippen LogP) is 4.18. The zero-order valence-corrected chi connectivity index (χ0v) is 17.2. The molecule has 0 aliphatic heterocycles. The first-order valence-corrected chi connectivity index (χ1v) is 9.61. The molecule has 1 aliphatic carbocycles. The SMILES string of the molecule is CC(C)(C)OC[C@@](C)(NC(=O)OCC1c2ccccc2-c2ccccc21)C(=O)O. The van der Waals surface area contributed by atoms with Crippen LogP contribution < -0.4 is 5.32 Å². The van der Waals surface area contributed by atoms with Crippen molar-refractivity contribution in [2.45, 2.75) is 44.8 Å². The third-order valence-electron chi connectivity index (χ3n) is 4.99. The average Bonchev–Trinajstić information content (AvgIpc) is 2.98. The molecule has 0 fully saturated rings. The molecule has 6 heteroatoms. The largest absolute Gasteiger partial charge is 0.479 e. The number of fused-ring (bicyclic) bond motifs is 3. The normalized spacial score (nSPS) is 15.2. The van der Waals surface area contributed by atoms with Gasteiger partial charge in [0.2, 0.25) is 0 Å². The maximum atomic E-state index is 12.4. The third kappa shape index (κ3) is 4.59. The van der Waals surface area contributed by atoms with Crippen molar-refractivity contribution < 1.29 is 24.2 Å². The van der Waals surface area contributed by atoms with Gasteiger partial charge in [-0.2, -0.15) is 0 Å². The van der Waals surface area contributed by atoms with Gasteiger partial charge in [-0.1, -0.05) is 48.5 Å². The molecule has 29 heavy (non-hydrogen) atoms. The van der Waals surface area contributed by atoms with Gasteiger partial charge in [0.25, 0.3) is 0 Å². The Morgan fingerprint density at radius 1 is 0.966 bits per heavy atom. The number of ether oxygens (including phenoxy) is 2. The van der Waals surface area contributed by atoms with Crippen molar-refractivity contribution >= 4 is 12.1 Å². The molecule has 1 amide bonds. The van der Waals surface area contributed by atoms with Crippen LogP contribution in [0.5, 0.6) is 0 Å². The van der Waals surface area contributed by atoms with Crippen molar-refractivity contribution in [2.24, 2.45) is 0 Å². The molecule has 0 spiro atoms. The molecule has 154 valence electrons. The number of aliphatic carboxylic acids is 1. The summed E-state index contributed by atoms with van der Waals surface area (Å²) >= 11 is 0. The Morgan fingerprint density at radius 2 is 1.48 bits per heavy atom. The minimum atomic E-state index is -1.59. The Kier molecular flexibility index (Phi) is 5.66. The van der Waals surface area contributed by atoms with E-state index in [-0.39, 0.29) is 19.1 Å². The highest BCUT2D eigenvalue weighted by Crippen LogP contribution is 2.44. The number of nitrogens with one attached hydrogen (secondary N) is 1. The average molecular weight is 397 g/mol. The summed E-state index contributed by atoms with van der Waals surface area (Å²) in [6, 6.07) is 16.1. The molecule has 1 aliphatic rings. The Morgan fingerprint density at radius 3 is 1.97 bits per heavy atom. The van der Waals surface area contributed by atoms with Gasteiger partial charge >= 0.3 is 12.1 Å². The summed E-state index contributed by atoms with van der Waals surface area (Å²) in [5.74, 6) is -1.27. The van der Waals surface area contributed by atoms with Gasteiger partial charge in [0.15, 0.2) is 5.54 Å². The van der Waals surface area contributed by atoms with E-state index >= 15 is 0 Å². The topological polar surface area (TPSA) is 84.9 Å². The van der Waals surface area contributed by atoms with E-state index in [1.807, 2.05) is 57.2 Å². The zero-order valence-electron chi connectivity index (χ0n) is 17.2. The van der Waals surface area contributed by atoms with E-state index in [1.165, 1.54) is 6.92 Å². The van der Waals surface area contributed by atoms with Gasteiger partial charge in [0, 0.05) is 5.92 Å². The van der Waals surface area contributed by atoms with Gasteiger partial charge in [0.05, 0.1) is 12.2 Å². The number of amides is 1. The van der Waals surface area contributed by atoms with E-state index < -0.39 is 23.2 Å². The first-order valence-electron chi connectivity index (χ1n) is 9.61.